The Kier molecular flexibility index (Phi) is 4.57. The summed E-state index contributed by atoms with van der Waals surface area (Å²) in [5.41, 5.74) is 4.46. The molecule has 0 aliphatic heterocycles. The Balaban J connectivity index is 1.69. The molecule has 23 heavy (non-hydrogen) atoms. The van der Waals surface area contributed by atoms with Gasteiger partial charge in [0.05, 0.1) is 22.5 Å². The van der Waals surface area contributed by atoms with Crippen molar-refractivity contribution in [2.24, 2.45) is 0 Å². The van der Waals surface area contributed by atoms with E-state index in [1.165, 1.54) is 11.8 Å². The molecular weight excluding hydrogens is 306 g/mol. The maximum absolute atomic E-state index is 12.1. The van der Waals surface area contributed by atoms with E-state index in [9.17, 15) is 4.79 Å². The van der Waals surface area contributed by atoms with Crippen molar-refractivity contribution in [3.63, 3.8) is 0 Å². The van der Waals surface area contributed by atoms with Crippen LogP contribution in [0.5, 0.6) is 0 Å². The predicted octanol–water partition coefficient (Wildman–Crippen LogP) is 3.98. The van der Waals surface area contributed by atoms with Crippen molar-refractivity contribution in [2.75, 3.05) is 11.1 Å². The van der Waals surface area contributed by atoms with Gasteiger partial charge in [-0.3, -0.25) is 4.79 Å². The quantitative estimate of drug-likeness (QED) is 0.738. The van der Waals surface area contributed by atoms with Crippen LogP contribution in [-0.2, 0) is 4.79 Å². The van der Waals surface area contributed by atoms with E-state index in [2.05, 4.69) is 15.3 Å². The number of carbonyl (C=O) groups excluding carboxylic acids is 1. The average Bonchev–Trinajstić information content (AvgIpc) is 2.55. The summed E-state index contributed by atoms with van der Waals surface area (Å²) in [6.07, 6.45) is 0. The number of aryl methyl sites for hydroxylation is 2. The number of aromatic nitrogens is 2. The number of hydrogen-bond donors (Lipinski definition) is 1. The molecule has 0 saturated heterocycles. The highest BCUT2D eigenvalue weighted by Crippen LogP contribution is 2.22. The molecule has 5 heteroatoms. The van der Waals surface area contributed by atoms with Crippen LogP contribution in [0, 0.1) is 13.8 Å². The van der Waals surface area contributed by atoms with Gasteiger partial charge in [-0.25, -0.2) is 9.97 Å². The number of nitrogens with one attached hydrogen (secondary N) is 1. The molecular formula is C18H17N3OS. The molecule has 3 aromatic rings. The van der Waals surface area contributed by atoms with Crippen molar-refractivity contribution in [2.45, 2.75) is 18.9 Å². The van der Waals surface area contributed by atoms with E-state index >= 15 is 0 Å². The highest BCUT2D eigenvalue weighted by atomic mass is 32.2. The molecule has 0 radical (unpaired) electrons. The predicted molar refractivity (Wildman–Crippen MR) is 94.8 cm³/mol. The number of amides is 1. The minimum Gasteiger partial charge on any atom is -0.325 e. The number of hydrogen-bond acceptors (Lipinski definition) is 4. The third-order valence-corrected chi connectivity index (χ3v) is 4.53. The molecule has 0 aliphatic carbocycles. The van der Waals surface area contributed by atoms with Crippen LogP contribution in [0.1, 0.15) is 11.3 Å². The Morgan fingerprint density at radius 2 is 1.65 bits per heavy atom. The van der Waals surface area contributed by atoms with Gasteiger partial charge >= 0.3 is 0 Å². The first-order chi connectivity index (χ1) is 11.1. The number of thioether (sulfide) groups is 1. The zero-order valence-corrected chi connectivity index (χ0v) is 13.9. The molecule has 0 saturated carbocycles. The lowest BCUT2D eigenvalue weighted by Gasteiger charge is -2.09. The first-order valence-corrected chi connectivity index (χ1v) is 8.34. The molecule has 1 N–H and O–H groups in total. The topological polar surface area (TPSA) is 54.9 Å². The summed E-state index contributed by atoms with van der Waals surface area (Å²) < 4.78 is 0. The Morgan fingerprint density at radius 1 is 1.00 bits per heavy atom. The number of fused-ring (bicyclic) bond motifs is 1. The molecule has 0 fully saturated rings. The van der Waals surface area contributed by atoms with Gasteiger partial charge in [0, 0.05) is 5.69 Å². The molecule has 4 nitrogen and oxygen atoms in total. The molecule has 0 spiro atoms. The Hall–Kier alpha value is -2.40. The SMILES string of the molecule is Cc1ccccc1NC(=O)CSc1nc2ccccc2nc1C. The van der Waals surface area contributed by atoms with Gasteiger partial charge in [-0.15, -0.1) is 0 Å². The van der Waals surface area contributed by atoms with Crippen molar-refractivity contribution >= 4 is 34.4 Å². The first-order valence-electron chi connectivity index (χ1n) is 7.35. The van der Waals surface area contributed by atoms with E-state index in [0.717, 1.165) is 33.0 Å². The van der Waals surface area contributed by atoms with E-state index in [0.29, 0.717) is 5.75 Å². The fraction of sp³-hybridized carbons (Fsp3) is 0.167. The molecule has 2 aromatic carbocycles. The summed E-state index contributed by atoms with van der Waals surface area (Å²) in [7, 11) is 0. The third kappa shape index (κ3) is 3.68. The van der Waals surface area contributed by atoms with Crippen molar-refractivity contribution in [1.29, 1.82) is 0 Å². The van der Waals surface area contributed by atoms with E-state index in [-0.39, 0.29) is 5.91 Å². The van der Waals surface area contributed by atoms with Gasteiger partial charge in [0.25, 0.3) is 0 Å². The molecule has 1 amide bonds. The van der Waals surface area contributed by atoms with Gasteiger partial charge in [0.2, 0.25) is 5.91 Å². The number of anilines is 1. The second-order valence-electron chi connectivity index (χ2n) is 5.25. The average molecular weight is 323 g/mol. The van der Waals surface area contributed by atoms with Crippen molar-refractivity contribution < 1.29 is 4.79 Å². The van der Waals surface area contributed by atoms with Gasteiger partial charge in [-0.05, 0) is 37.6 Å². The van der Waals surface area contributed by atoms with Gasteiger partial charge < -0.3 is 5.32 Å². The zero-order chi connectivity index (χ0) is 16.2. The summed E-state index contributed by atoms with van der Waals surface area (Å²) >= 11 is 1.41. The van der Waals surface area contributed by atoms with Crippen LogP contribution >= 0.6 is 11.8 Å². The molecule has 1 aromatic heterocycles. The highest BCUT2D eigenvalue weighted by molar-refractivity contribution is 8.00. The van der Waals surface area contributed by atoms with E-state index in [1.807, 2.05) is 62.4 Å². The van der Waals surface area contributed by atoms with Crippen molar-refractivity contribution in [3.8, 4) is 0 Å². The molecule has 0 bridgehead atoms. The second-order valence-corrected chi connectivity index (χ2v) is 6.22. The number of para-hydroxylation sites is 3. The van der Waals surface area contributed by atoms with E-state index < -0.39 is 0 Å². The summed E-state index contributed by atoms with van der Waals surface area (Å²) in [5, 5.41) is 3.72. The fourth-order valence-electron chi connectivity index (χ4n) is 2.24. The summed E-state index contributed by atoms with van der Waals surface area (Å²) in [6.45, 7) is 3.89. The number of nitrogens with zero attached hydrogens (tertiary/aromatic N) is 2. The van der Waals surface area contributed by atoms with Gasteiger partial charge in [-0.1, -0.05) is 42.1 Å². The highest BCUT2D eigenvalue weighted by Gasteiger charge is 2.09. The van der Waals surface area contributed by atoms with Gasteiger partial charge in [0.15, 0.2) is 0 Å². The van der Waals surface area contributed by atoms with Gasteiger partial charge in [0.1, 0.15) is 5.03 Å². The summed E-state index contributed by atoms with van der Waals surface area (Å²) in [6, 6.07) is 15.5. The first kappa shape index (κ1) is 15.5. The molecule has 116 valence electrons. The van der Waals surface area contributed by atoms with E-state index in [1.54, 1.807) is 0 Å². The smallest absolute Gasteiger partial charge is 0.234 e. The minimum absolute atomic E-state index is 0.0429. The monoisotopic (exact) mass is 323 g/mol. The summed E-state index contributed by atoms with van der Waals surface area (Å²) in [5.74, 6) is 0.265. The maximum atomic E-state index is 12.1. The van der Waals surface area contributed by atoms with E-state index in [4.69, 9.17) is 0 Å². The molecule has 0 unspecified atom stereocenters. The lowest BCUT2D eigenvalue weighted by atomic mass is 10.2. The zero-order valence-electron chi connectivity index (χ0n) is 13.0. The van der Waals surface area contributed by atoms with Crippen LogP contribution in [-0.4, -0.2) is 21.6 Å². The largest absolute Gasteiger partial charge is 0.325 e. The number of rotatable bonds is 4. The number of benzene rings is 2. The lowest BCUT2D eigenvalue weighted by molar-refractivity contribution is -0.113. The Morgan fingerprint density at radius 3 is 2.39 bits per heavy atom. The Bertz CT molecular complexity index is 864. The Labute approximate surface area is 139 Å². The lowest BCUT2D eigenvalue weighted by Crippen LogP contribution is -2.15. The van der Waals surface area contributed by atoms with Crippen LogP contribution in [0.4, 0.5) is 5.69 Å². The standard InChI is InChI=1S/C18H17N3OS/c1-12-7-3-4-8-14(12)20-17(22)11-23-18-13(2)19-15-9-5-6-10-16(15)21-18/h3-10H,11H2,1-2H3,(H,20,22). The number of carbonyl (C=O) groups is 1. The fourth-order valence-corrected chi connectivity index (χ4v) is 3.00. The maximum Gasteiger partial charge on any atom is 0.234 e. The van der Waals surface area contributed by atoms with Crippen LogP contribution in [0.2, 0.25) is 0 Å². The van der Waals surface area contributed by atoms with Crippen molar-refractivity contribution in [3.05, 3.63) is 59.8 Å². The van der Waals surface area contributed by atoms with Gasteiger partial charge in [-0.2, -0.15) is 0 Å². The van der Waals surface area contributed by atoms with Crippen LogP contribution < -0.4 is 5.32 Å². The van der Waals surface area contributed by atoms with Crippen LogP contribution in [0.15, 0.2) is 53.6 Å². The molecule has 1 heterocycles. The third-order valence-electron chi connectivity index (χ3n) is 3.46. The molecule has 0 aliphatic rings. The van der Waals surface area contributed by atoms with Crippen LogP contribution in [0.3, 0.4) is 0 Å². The minimum atomic E-state index is -0.0429. The normalized spacial score (nSPS) is 10.7. The van der Waals surface area contributed by atoms with Crippen LogP contribution in [0.25, 0.3) is 11.0 Å². The summed E-state index contributed by atoms with van der Waals surface area (Å²) in [4.78, 5) is 21.3. The van der Waals surface area contributed by atoms with Crippen molar-refractivity contribution in [1.82, 2.24) is 9.97 Å². The molecule has 0 atom stereocenters. The second kappa shape index (κ2) is 6.79. The molecule has 3 rings (SSSR count).